The van der Waals surface area contributed by atoms with Crippen LogP contribution in [-0.4, -0.2) is 21.5 Å². The van der Waals surface area contributed by atoms with Gasteiger partial charge in [0.1, 0.15) is 11.4 Å². The van der Waals surface area contributed by atoms with Gasteiger partial charge in [0.25, 0.3) is 0 Å². The van der Waals surface area contributed by atoms with Gasteiger partial charge in [-0.2, -0.15) is 0 Å². The fourth-order valence-electron chi connectivity index (χ4n) is 1.72. The summed E-state index contributed by atoms with van der Waals surface area (Å²) < 4.78 is 1.03. The lowest BCUT2D eigenvalue weighted by atomic mass is 10.1. The molecule has 0 radical (unpaired) electrons. The Morgan fingerprint density at radius 3 is 2.80 bits per heavy atom. The zero-order chi connectivity index (χ0) is 13.9. The molecule has 20 heavy (non-hydrogen) atoms. The van der Waals surface area contributed by atoms with Gasteiger partial charge < -0.3 is 0 Å². The van der Waals surface area contributed by atoms with E-state index in [9.17, 15) is 4.79 Å². The molecule has 2 heterocycles. The van der Waals surface area contributed by atoms with Crippen LogP contribution in [-0.2, 0) is 0 Å². The number of thioether (sulfide) groups is 1. The van der Waals surface area contributed by atoms with Gasteiger partial charge >= 0.3 is 0 Å². The summed E-state index contributed by atoms with van der Waals surface area (Å²) >= 11 is 8.84. The lowest BCUT2D eigenvalue weighted by Crippen LogP contribution is -2.02. The molecule has 0 saturated carbocycles. The summed E-state index contributed by atoms with van der Waals surface area (Å²) in [5.74, 6) is 0.418. The lowest BCUT2D eigenvalue weighted by molar-refractivity contribution is 0.102. The van der Waals surface area contributed by atoms with Crippen molar-refractivity contribution in [3.05, 3.63) is 52.6 Å². The van der Waals surface area contributed by atoms with Gasteiger partial charge in [0, 0.05) is 10.6 Å². The first-order chi connectivity index (χ1) is 9.74. The predicted octanol–water partition coefficient (Wildman–Crippen LogP) is 4.32. The van der Waals surface area contributed by atoms with Crippen molar-refractivity contribution in [3.63, 3.8) is 0 Å². The molecule has 3 aromatic rings. The maximum atomic E-state index is 12.1. The average Bonchev–Trinajstić information content (AvgIpc) is 2.94. The second kappa shape index (κ2) is 5.91. The Morgan fingerprint density at radius 2 is 2.00 bits per heavy atom. The molecule has 0 atom stereocenters. The first-order valence-electron chi connectivity index (χ1n) is 5.84. The van der Waals surface area contributed by atoms with Crippen molar-refractivity contribution in [1.29, 1.82) is 0 Å². The minimum absolute atomic E-state index is 0.0648. The normalized spacial score (nSPS) is 10.8. The van der Waals surface area contributed by atoms with Gasteiger partial charge in [-0.15, -0.1) is 11.3 Å². The van der Waals surface area contributed by atoms with Crippen molar-refractivity contribution >= 4 is 50.7 Å². The van der Waals surface area contributed by atoms with Crippen molar-refractivity contribution in [2.75, 3.05) is 5.75 Å². The standard InChI is InChI=1S/C14H9ClN2OS2/c15-10-3-1-9(2-4-10)12(18)7-20-14-13-11(5-6-19-13)16-8-17-14/h1-6,8H,7H2. The highest BCUT2D eigenvalue weighted by molar-refractivity contribution is 8.00. The Hall–Kier alpha value is -1.43. The average molecular weight is 321 g/mol. The second-order valence-corrected chi connectivity index (χ2v) is 6.35. The van der Waals surface area contributed by atoms with E-state index in [0.717, 1.165) is 15.2 Å². The van der Waals surface area contributed by atoms with E-state index < -0.39 is 0 Å². The third-order valence-electron chi connectivity index (χ3n) is 2.72. The maximum absolute atomic E-state index is 12.1. The van der Waals surface area contributed by atoms with Crippen molar-refractivity contribution in [2.24, 2.45) is 0 Å². The van der Waals surface area contributed by atoms with Crippen LogP contribution in [0, 0.1) is 0 Å². The zero-order valence-electron chi connectivity index (χ0n) is 10.2. The molecular weight excluding hydrogens is 312 g/mol. The highest BCUT2D eigenvalue weighted by Gasteiger charge is 2.10. The van der Waals surface area contributed by atoms with Gasteiger partial charge in [0.05, 0.1) is 16.0 Å². The smallest absolute Gasteiger partial charge is 0.173 e. The molecule has 0 unspecified atom stereocenters. The van der Waals surface area contributed by atoms with E-state index in [0.29, 0.717) is 16.3 Å². The molecule has 0 bridgehead atoms. The molecule has 0 aliphatic carbocycles. The van der Waals surface area contributed by atoms with E-state index in [1.165, 1.54) is 18.1 Å². The number of fused-ring (bicyclic) bond motifs is 1. The number of rotatable bonds is 4. The number of hydrogen-bond donors (Lipinski definition) is 0. The van der Waals surface area contributed by atoms with Crippen LogP contribution in [0.5, 0.6) is 0 Å². The third-order valence-corrected chi connectivity index (χ3v) is 5.00. The summed E-state index contributed by atoms with van der Waals surface area (Å²) in [5, 5.41) is 3.46. The topological polar surface area (TPSA) is 42.9 Å². The monoisotopic (exact) mass is 320 g/mol. The Labute approximate surface area is 129 Å². The van der Waals surface area contributed by atoms with Crippen LogP contribution in [0.1, 0.15) is 10.4 Å². The van der Waals surface area contributed by atoms with Gasteiger partial charge in [-0.1, -0.05) is 23.4 Å². The molecule has 3 rings (SSSR count). The van der Waals surface area contributed by atoms with Gasteiger partial charge in [-0.3, -0.25) is 4.79 Å². The Balaban J connectivity index is 1.74. The Bertz CT molecular complexity index is 755. The summed E-state index contributed by atoms with van der Waals surface area (Å²) in [4.78, 5) is 20.5. The number of ketones is 1. The van der Waals surface area contributed by atoms with Gasteiger partial charge in [-0.25, -0.2) is 9.97 Å². The van der Waals surface area contributed by atoms with Gasteiger partial charge in [-0.05, 0) is 35.7 Å². The molecule has 0 fully saturated rings. The summed E-state index contributed by atoms with van der Waals surface area (Å²) in [5.41, 5.74) is 1.59. The van der Waals surface area contributed by atoms with Gasteiger partial charge in [0.2, 0.25) is 0 Å². The Kier molecular flexibility index (Phi) is 4.00. The van der Waals surface area contributed by atoms with E-state index in [-0.39, 0.29) is 5.78 Å². The fraction of sp³-hybridized carbons (Fsp3) is 0.0714. The van der Waals surface area contributed by atoms with E-state index in [1.807, 2.05) is 11.4 Å². The van der Waals surface area contributed by atoms with Crippen LogP contribution in [0.3, 0.4) is 0 Å². The molecule has 0 aliphatic heterocycles. The third kappa shape index (κ3) is 2.85. The molecule has 2 aromatic heterocycles. The van der Waals surface area contributed by atoms with E-state index >= 15 is 0 Å². The van der Waals surface area contributed by atoms with Crippen molar-refractivity contribution in [2.45, 2.75) is 5.03 Å². The SMILES string of the molecule is O=C(CSc1ncnc2ccsc12)c1ccc(Cl)cc1. The number of hydrogen-bond acceptors (Lipinski definition) is 5. The minimum Gasteiger partial charge on any atom is -0.293 e. The molecule has 1 aromatic carbocycles. The molecule has 0 spiro atoms. The van der Waals surface area contributed by atoms with Crippen LogP contribution in [0.2, 0.25) is 5.02 Å². The summed E-state index contributed by atoms with van der Waals surface area (Å²) in [6, 6.07) is 8.88. The van der Waals surface area contributed by atoms with E-state index in [1.54, 1.807) is 35.6 Å². The quantitative estimate of drug-likeness (QED) is 0.408. The summed E-state index contributed by atoms with van der Waals surface area (Å²) in [7, 11) is 0. The molecule has 0 N–H and O–H groups in total. The van der Waals surface area contributed by atoms with E-state index in [2.05, 4.69) is 9.97 Å². The number of halogens is 1. The van der Waals surface area contributed by atoms with Crippen LogP contribution in [0.15, 0.2) is 47.1 Å². The minimum atomic E-state index is 0.0648. The van der Waals surface area contributed by atoms with Gasteiger partial charge in [0.15, 0.2) is 5.78 Å². The van der Waals surface area contributed by atoms with Crippen LogP contribution in [0.25, 0.3) is 10.2 Å². The molecule has 0 aliphatic rings. The number of benzene rings is 1. The molecule has 0 saturated heterocycles. The lowest BCUT2D eigenvalue weighted by Gasteiger charge is -2.02. The number of thiophene rings is 1. The highest BCUT2D eigenvalue weighted by atomic mass is 35.5. The fourth-order valence-corrected chi connectivity index (χ4v) is 3.69. The highest BCUT2D eigenvalue weighted by Crippen LogP contribution is 2.29. The van der Waals surface area contributed by atoms with Crippen LogP contribution >= 0.6 is 34.7 Å². The largest absolute Gasteiger partial charge is 0.293 e. The molecule has 100 valence electrons. The number of carbonyl (C=O) groups excluding carboxylic acids is 1. The van der Waals surface area contributed by atoms with Crippen molar-refractivity contribution in [1.82, 2.24) is 9.97 Å². The van der Waals surface area contributed by atoms with Crippen molar-refractivity contribution in [3.8, 4) is 0 Å². The molecular formula is C14H9ClN2OS2. The molecule has 3 nitrogen and oxygen atoms in total. The van der Waals surface area contributed by atoms with E-state index in [4.69, 9.17) is 11.6 Å². The number of carbonyl (C=O) groups is 1. The number of nitrogens with zero attached hydrogens (tertiary/aromatic N) is 2. The number of Topliss-reactive ketones (excluding diaryl/α,β-unsaturated/α-hetero) is 1. The van der Waals surface area contributed by atoms with Crippen molar-refractivity contribution < 1.29 is 4.79 Å². The van der Waals surface area contributed by atoms with Crippen LogP contribution in [0.4, 0.5) is 0 Å². The molecule has 6 heteroatoms. The number of aromatic nitrogens is 2. The van der Waals surface area contributed by atoms with Crippen LogP contribution < -0.4 is 0 Å². The summed E-state index contributed by atoms with van der Waals surface area (Å²) in [6.07, 6.45) is 1.53. The summed E-state index contributed by atoms with van der Waals surface area (Å²) in [6.45, 7) is 0. The first-order valence-corrected chi connectivity index (χ1v) is 8.08. The zero-order valence-corrected chi connectivity index (χ0v) is 12.6. The Morgan fingerprint density at radius 1 is 1.20 bits per heavy atom. The second-order valence-electron chi connectivity index (χ2n) is 4.03. The predicted molar refractivity (Wildman–Crippen MR) is 83.9 cm³/mol. The maximum Gasteiger partial charge on any atom is 0.173 e. The molecule has 0 amide bonds. The first kappa shape index (κ1) is 13.5.